The Morgan fingerprint density at radius 2 is 1.93 bits per heavy atom. The van der Waals surface area contributed by atoms with Gasteiger partial charge in [0.05, 0.1) is 11.6 Å². The van der Waals surface area contributed by atoms with Crippen molar-refractivity contribution in [3.8, 4) is 6.07 Å². The Bertz CT molecular complexity index is 393. The average molecular weight is 199 g/mol. The number of allylic oxidation sites excluding steroid dienone is 1. The Hall–Kier alpha value is -1.66. The van der Waals surface area contributed by atoms with Crippen molar-refractivity contribution in [2.24, 2.45) is 0 Å². The van der Waals surface area contributed by atoms with Crippen LogP contribution in [0, 0.1) is 11.3 Å². The molecule has 1 saturated heterocycles. The van der Waals surface area contributed by atoms with Gasteiger partial charge in [0, 0.05) is 12.4 Å². The molecule has 0 bridgehead atoms. The number of nitrogens with zero attached hydrogens (tertiary/aromatic N) is 2. The predicted octanol–water partition coefficient (Wildman–Crippen LogP) is 1.74. The van der Waals surface area contributed by atoms with E-state index in [2.05, 4.69) is 16.4 Å². The number of nitrogens with one attached hydrogen (secondary N) is 1. The van der Waals surface area contributed by atoms with E-state index in [9.17, 15) is 5.26 Å². The van der Waals surface area contributed by atoms with Crippen molar-refractivity contribution in [2.75, 3.05) is 13.1 Å². The van der Waals surface area contributed by atoms with E-state index in [1.165, 1.54) is 5.57 Å². The van der Waals surface area contributed by atoms with Crippen LogP contribution in [-0.2, 0) is 0 Å². The van der Waals surface area contributed by atoms with Gasteiger partial charge in [0.2, 0.25) is 0 Å². The molecule has 0 unspecified atom stereocenters. The summed E-state index contributed by atoms with van der Waals surface area (Å²) in [7, 11) is 0. The number of aromatic nitrogens is 1. The molecular weight excluding hydrogens is 186 g/mol. The Morgan fingerprint density at radius 1 is 1.27 bits per heavy atom. The van der Waals surface area contributed by atoms with Gasteiger partial charge in [-0.2, -0.15) is 5.26 Å². The molecule has 1 N–H and O–H groups in total. The van der Waals surface area contributed by atoms with Crippen LogP contribution in [0.25, 0.3) is 5.57 Å². The molecule has 0 saturated carbocycles. The molecule has 0 atom stereocenters. The number of pyridine rings is 1. The van der Waals surface area contributed by atoms with Crippen LogP contribution in [0.2, 0.25) is 0 Å². The van der Waals surface area contributed by atoms with Gasteiger partial charge in [0.1, 0.15) is 0 Å². The molecular formula is C12H13N3. The minimum Gasteiger partial charge on any atom is -0.316 e. The Morgan fingerprint density at radius 3 is 2.53 bits per heavy atom. The van der Waals surface area contributed by atoms with Crippen molar-refractivity contribution in [3.05, 3.63) is 35.7 Å². The van der Waals surface area contributed by atoms with Crippen molar-refractivity contribution in [1.29, 1.82) is 5.26 Å². The predicted molar refractivity (Wildman–Crippen MR) is 58.9 cm³/mol. The van der Waals surface area contributed by atoms with Crippen LogP contribution >= 0.6 is 0 Å². The summed E-state index contributed by atoms with van der Waals surface area (Å²) < 4.78 is 0. The van der Waals surface area contributed by atoms with Gasteiger partial charge < -0.3 is 5.32 Å². The normalized spacial score (nSPS) is 15.8. The third-order valence-electron chi connectivity index (χ3n) is 2.64. The lowest BCUT2D eigenvalue weighted by Crippen LogP contribution is -2.23. The fourth-order valence-electron chi connectivity index (χ4n) is 1.84. The van der Waals surface area contributed by atoms with Crippen molar-refractivity contribution < 1.29 is 0 Å². The largest absolute Gasteiger partial charge is 0.316 e. The van der Waals surface area contributed by atoms with Crippen molar-refractivity contribution in [1.82, 2.24) is 10.3 Å². The zero-order valence-corrected chi connectivity index (χ0v) is 8.53. The Balaban J connectivity index is 2.35. The highest BCUT2D eigenvalue weighted by molar-refractivity contribution is 5.79. The van der Waals surface area contributed by atoms with E-state index in [1.807, 2.05) is 12.1 Å². The highest BCUT2D eigenvalue weighted by Crippen LogP contribution is 2.23. The molecule has 3 nitrogen and oxygen atoms in total. The van der Waals surface area contributed by atoms with Crippen LogP contribution in [0.1, 0.15) is 18.4 Å². The average Bonchev–Trinajstić information content (AvgIpc) is 2.33. The molecule has 0 aromatic carbocycles. The molecule has 3 heteroatoms. The maximum atomic E-state index is 9.18. The summed E-state index contributed by atoms with van der Waals surface area (Å²) in [6.07, 6.45) is 5.42. The first-order valence-electron chi connectivity index (χ1n) is 5.15. The Kier molecular flexibility index (Phi) is 3.11. The molecule has 1 aliphatic heterocycles. The second-order valence-corrected chi connectivity index (χ2v) is 3.58. The van der Waals surface area contributed by atoms with E-state index < -0.39 is 0 Å². The van der Waals surface area contributed by atoms with E-state index in [0.717, 1.165) is 37.1 Å². The molecule has 0 amide bonds. The van der Waals surface area contributed by atoms with Crippen LogP contribution in [0.15, 0.2) is 30.1 Å². The standard InChI is InChI=1S/C12H13N3/c13-9-12(10-1-5-14-6-2-10)11-3-7-15-8-4-11/h1-2,5-6,15H,3-4,7-8H2. The summed E-state index contributed by atoms with van der Waals surface area (Å²) in [5, 5.41) is 12.5. The number of piperidine rings is 1. The molecule has 2 rings (SSSR count). The van der Waals surface area contributed by atoms with Gasteiger partial charge in [-0.05, 0) is 49.2 Å². The van der Waals surface area contributed by atoms with Crippen molar-refractivity contribution in [3.63, 3.8) is 0 Å². The third kappa shape index (κ3) is 2.23. The fraction of sp³-hybridized carbons (Fsp3) is 0.333. The first kappa shape index (κ1) is 9.88. The molecule has 0 radical (unpaired) electrons. The summed E-state index contributed by atoms with van der Waals surface area (Å²) in [5.41, 5.74) is 3.09. The first-order chi connectivity index (χ1) is 7.42. The summed E-state index contributed by atoms with van der Waals surface area (Å²) in [6, 6.07) is 6.10. The van der Waals surface area contributed by atoms with Crippen LogP contribution < -0.4 is 5.32 Å². The third-order valence-corrected chi connectivity index (χ3v) is 2.64. The van der Waals surface area contributed by atoms with Gasteiger partial charge in [-0.3, -0.25) is 4.98 Å². The fourth-order valence-corrected chi connectivity index (χ4v) is 1.84. The zero-order chi connectivity index (χ0) is 10.5. The van der Waals surface area contributed by atoms with E-state index in [0.29, 0.717) is 0 Å². The lowest BCUT2D eigenvalue weighted by atomic mass is 9.95. The van der Waals surface area contributed by atoms with E-state index in [1.54, 1.807) is 12.4 Å². The summed E-state index contributed by atoms with van der Waals surface area (Å²) in [4.78, 5) is 3.96. The van der Waals surface area contributed by atoms with Gasteiger partial charge >= 0.3 is 0 Å². The lowest BCUT2D eigenvalue weighted by molar-refractivity contribution is 0.612. The minimum absolute atomic E-state index is 0.832. The van der Waals surface area contributed by atoms with E-state index >= 15 is 0 Å². The van der Waals surface area contributed by atoms with E-state index in [-0.39, 0.29) is 0 Å². The topological polar surface area (TPSA) is 48.7 Å². The van der Waals surface area contributed by atoms with Gasteiger partial charge in [0.15, 0.2) is 0 Å². The van der Waals surface area contributed by atoms with Crippen LogP contribution in [0.5, 0.6) is 0 Å². The zero-order valence-electron chi connectivity index (χ0n) is 8.53. The van der Waals surface area contributed by atoms with Gasteiger partial charge in [-0.25, -0.2) is 0 Å². The monoisotopic (exact) mass is 199 g/mol. The van der Waals surface area contributed by atoms with Crippen LogP contribution in [0.3, 0.4) is 0 Å². The van der Waals surface area contributed by atoms with Gasteiger partial charge in [-0.1, -0.05) is 0 Å². The van der Waals surface area contributed by atoms with Crippen LogP contribution in [0.4, 0.5) is 0 Å². The molecule has 1 aromatic rings. The van der Waals surface area contributed by atoms with Crippen molar-refractivity contribution in [2.45, 2.75) is 12.8 Å². The SMILES string of the molecule is N#CC(=C1CCNCC1)c1ccncc1. The van der Waals surface area contributed by atoms with Gasteiger partial charge in [0.25, 0.3) is 0 Å². The molecule has 0 aliphatic carbocycles. The molecule has 2 heterocycles. The van der Waals surface area contributed by atoms with Gasteiger partial charge in [-0.15, -0.1) is 0 Å². The summed E-state index contributed by atoms with van der Waals surface area (Å²) >= 11 is 0. The Labute approximate surface area is 89.5 Å². The number of hydrogen-bond acceptors (Lipinski definition) is 3. The molecule has 1 aromatic heterocycles. The number of hydrogen-bond donors (Lipinski definition) is 1. The smallest absolute Gasteiger partial charge is 0.0997 e. The highest BCUT2D eigenvalue weighted by atomic mass is 14.9. The molecule has 1 aliphatic rings. The van der Waals surface area contributed by atoms with Crippen molar-refractivity contribution >= 4 is 5.57 Å². The number of nitriles is 1. The quantitative estimate of drug-likeness (QED) is 0.701. The highest BCUT2D eigenvalue weighted by Gasteiger charge is 2.11. The van der Waals surface area contributed by atoms with E-state index in [4.69, 9.17) is 0 Å². The molecule has 0 spiro atoms. The maximum Gasteiger partial charge on any atom is 0.0997 e. The first-order valence-corrected chi connectivity index (χ1v) is 5.15. The lowest BCUT2D eigenvalue weighted by Gasteiger charge is -2.17. The molecule has 76 valence electrons. The molecule has 15 heavy (non-hydrogen) atoms. The summed E-state index contributed by atoms with van der Waals surface area (Å²) in [6.45, 7) is 1.96. The maximum absolute atomic E-state index is 9.18. The summed E-state index contributed by atoms with van der Waals surface area (Å²) in [5.74, 6) is 0. The number of rotatable bonds is 1. The second-order valence-electron chi connectivity index (χ2n) is 3.58. The van der Waals surface area contributed by atoms with Crippen LogP contribution in [-0.4, -0.2) is 18.1 Å². The minimum atomic E-state index is 0.832. The molecule has 1 fully saturated rings. The second kappa shape index (κ2) is 4.72.